The number of nitrogens with one attached hydrogen (secondary N) is 2. The van der Waals surface area contributed by atoms with Crippen molar-refractivity contribution in [2.45, 2.75) is 107 Å². The van der Waals surface area contributed by atoms with Gasteiger partial charge in [0.2, 0.25) is 17.7 Å². The Bertz CT molecular complexity index is 2360. The maximum absolute atomic E-state index is 16.5. The smallest absolute Gasteiger partial charge is 0.355 e. The number of carbonyl (C=O) groups excluding carboxylic acids is 4. The Hall–Kier alpha value is -5.16. The van der Waals surface area contributed by atoms with E-state index in [1.165, 1.54) is 42.5 Å². The van der Waals surface area contributed by atoms with Gasteiger partial charge in [0.05, 0.1) is 29.0 Å². The van der Waals surface area contributed by atoms with Gasteiger partial charge in [-0.25, -0.2) is 9.48 Å². The lowest BCUT2D eigenvalue weighted by Crippen LogP contribution is -2.56. The number of carbonyl (C=O) groups is 4. The molecule has 1 saturated carbocycles. The van der Waals surface area contributed by atoms with Crippen LogP contribution in [0.25, 0.3) is 10.1 Å². The van der Waals surface area contributed by atoms with Crippen molar-refractivity contribution in [2.24, 2.45) is 5.92 Å². The SMILES string of the molecule is CCCOC(=O)[C@H](C)NP(=O)(Oc1ccccc1)[C@H](F)c1ccc2sc(C(=O)NC3CCC[C@H]4CC[C@@H](C(=O)N5C[C@@H](c6cccnc6)C(C#N)C56CC6)N4C3=O)cc2c1. The first-order valence-electron chi connectivity index (χ1n) is 20.7. The van der Waals surface area contributed by atoms with Crippen LogP contribution in [0.5, 0.6) is 5.75 Å². The average Bonchev–Trinajstić information content (AvgIpc) is 3.62. The molecule has 13 nitrogen and oxygen atoms in total. The predicted molar refractivity (Wildman–Crippen MR) is 223 cm³/mol. The van der Waals surface area contributed by atoms with Gasteiger partial charge >= 0.3 is 13.5 Å². The first kappa shape index (κ1) is 41.6. The lowest BCUT2D eigenvalue weighted by molar-refractivity contribution is -0.147. The quantitative estimate of drug-likeness (QED) is 0.102. The van der Waals surface area contributed by atoms with E-state index in [1.54, 1.807) is 47.6 Å². The molecule has 8 atom stereocenters. The normalized spacial score (nSPS) is 25.1. The third-order valence-electron chi connectivity index (χ3n) is 12.4. The molecule has 4 aromatic rings. The molecule has 1 spiro atoms. The zero-order valence-corrected chi connectivity index (χ0v) is 35.2. The second-order valence-electron chi connectivity index (χ2n) is 16.3. The summed E-state index contributed by atoms with van der Waals surface area (Å²) in [6, 6.07) is 17.8. The fraction of sp³-hybridized carbons (Fsp3) is 0.455. The van der Waals surface area contributed by atoms with Gasteiger partial charge in [-0.3, -0.25) is 28.7 Å². The number of thiophene rings is 1. The van der Waals surface area contributed by atoms with Crippen LogP contribution < -0.4 is 14.9 Å². The van der Waals surface area contributed by atoms with Crippen LogP contribution in [-0.4, -0.2) is 81.3 Å². The van der Waals surface area contributed by atoms with Gasteiger partial charge in [-0.05, 0) is 111 Å². The number of rotatable bonds is 13. The molecule has 0 radical (unpaired) electrons. The Labute approximate surface area is 352 Å². The van der Waals surface area contributed by atoms with E-state index >= 15 is 4.39 Å². The monoisotopic (exact) mass is 854 g/mol. The van der Waals surface area contributed by atoms with Gasteiger partial charge in [0.25, 0.3) is 5.91 Å². The molecular weight excluding hydrogens is 807 g/mol. The summed E-state index contributed by atoms with van der Waals surface area (Å²) in [4.78, 5) is 63.5. The summed E-state index contributed by atoms with van der Waals surface area (Å²) in [7, 11) is -4.46. The van der Waals surface area contributed by atoms with Crippen LogP contribution in [0.1, 0.15) is 97.8 Å². The van der Waals surface area contributed by atoms with Crippen molar-refractivity contribution in [3.05, 3.63) is 95.1 Å². The molecule has 4 aliphatic rings. The molecule has 8 rings (SSSR count). The Balaban J connectivity index is 0.980. The van der Waals surface area contributed by atoms with Crippen molar-refractivity contribution in [1.29, 1.82) is 5.26 Å². The standard InChI is InChI=1S/C44H48FN6O7PS/c1-3-21-57-43(55)27(2)49-59(56,58-32-11-5-4-6-12-32)39(45)28-14-17-37-30(22-28)23-38(60-37)40(52)48-35-13-7-10-31-15-16-36(51(31)41(35)53)42(54)50-26-33(29-9-8-20-47-25-29)34(24-46)44(50)18-19-44/h4-6,8-9,11-12,14,17,20,22-23,25,27,31,33-36,39H,3,7,10,13,15-16,18-19,21,26H2,1-2H3,(H,48,52)(H,49,56)/t27-,31-,33-,34?,35?,36-,39-,59?/m0/s1. The summed E-state index contributed by atoms with van der Waals surface area (Å²) in [5, 5.41) is 16.3. The number of likely N-dealkylation sites (tertiary alicyclic amines) is 1. The Morgan fingerprint density at radius 2 is 1.88 bits per heavy atom. The van der Waals surface area contributed by atoms with Crippen LogP contribution in [0.15, 0.2) is 79.1 Å². The van der Waals surface area contributed by atoms with E-state index in [2.05, 4.69) is 21.5 Å². The van der Waals surface area contributed by atoms with E-state index in [-0.39, 0.29) is 47.6 Å². The maximum Gasteiger partial charge on any atom is 0.355 e. The molecule has 2 aromatic carbocycles. The number of para-hydroxylation sites is 1. The molecule has 1 aliphatic carbocycles. The van der Waals surface area contributed by atoms with Crippen LogP contribution in [0.4, 0.5) is 4.39 Å². The van der Waals surface area contributed by atoms with Crippen molar-refractivity contribution < 1.29 is 37.4 Å². The average molecular weight is 855 g/mol. The summed E-state index contributed by atoms with van der Waals surface area (Å²) in [5.41, 5.74) is 0.400. The third kappa shape index (κ3) is 7.93. The summed E-state index contributed by atoms with van der Waals surface area (Å²) in [5.74, 6) is -4.16. The van der Waals surface area contributed by atoms with Crippen LogP contribution in [0.2, 0.25) is 0 Å². The zero-order chi connectivity index (χ0) is 42.2. The largest absolute Gasteiger partial charge is 0.465 e. The number of nitrogens with zero attached hydrogens (tertiary/aromatic N) is 4. The van der Waals surface area contributed by atoms with Gasteiger partial charge in [0.1, 0.15) is 23.9 Å². The zero-order valence-electron chi connectivity index (χ0n) is 33.5. The van der Waals surface area contributed by atoms with Crippen molar-refractivity contribution in [1.82, 2.24) is 25.2 Å². The van der Waals surface area contributed by atoms with Crippen LogP contribution in [-0.2, 0) is 23.7 Å². The summed E-state index contributed by atoms with van der Waals surface area (Å²) >= 11 is 1.17. The van der Waals surface area contributed by atoms with Crippen molar-refractivity contribution >= 4 is 52.6 Å². The van der Waals surface area contributed by atoms with E-state index in [0.717, 1.165) is 18.4 Å². The molecule has 3 amide bonds. The second-order valence-corrected chi connectivity index (χ2v) is 19.4. The Morgan fingerprint density at radius 1 is 1.08 bits per heavy atom. The van der Waals surface area contributed by atoms with Crippen molar-refractivity contribution in [2.75, 3.05) is 13.2 Å². The van der Waals surface area contributed by atoms with E-state index < -0.39 is 49.0 Å². The highest BCUT2D eigenvalue weighted by atomic mass is 32.1. The molecule has 60 heavy (non-hydrogen) atoms. The van der Waals surface area contributed by atoms with Crippen LogP contribution in [0.3, 0.4) is 0 Å². The number of ether oxygens (including phenoxy) is 1. The molecule has 3 saturated heterocycles. The number of pyridine rings is 1. The number of fused-ring (bicyclic) bond motifs is 2. The van der Waals surface area contributed by atoms with Crippen LogP contribution >= 0.6 is 18.9 Å². The highest BCUT2D eigenvalue weighted by Crippen LogP contribution is 2.59. The molecular formula is C44H48FN6O7PS. The molecule has 314 valence electrons. The van der Waals surface area contributed by atoms with Gasteiger partial charge in [0.15, 0.2) is 0 Å². The lowest BCUT2D eigenvalue weighted by atomic mass is 9.85. The van der Waals surface area contributed by atoms with E-state index in [4.69, 9.17) is 9.26 Å². The van der Waals surface area contributed by atoms with Crippen molar-refractivity contribution in [3.8, 4) is 11.8 Å². The minimum atomic E-state index is -4.46. The molecule has 0 bridgehead atoms. The van der Waals surface area contributed by atoms with Gasteiger partial charge in [-0.15, -0.1) is 11.3 Å². The minimum absolute atomic E-state index is 0.0155. The van der Waals surface area contributed by atoms with Gasteiger partial charge in [0, 0.05) is 35.6 Å². The van der Waals surface area contributed by atoms with Gasteiger partial charge < -0.3 is 24.4 Å². The van der Waals surface area contributed by atoms with Gasteiger partial charge in [-0.2, -0.15) is 5.26 Å². The summed E-state index contributed by atoms with van der Waals surface area (Å²) < 4.78 is 42.5. The maximum atomic E-state index is 16.5. The number of esters is 1. The molecule has 3 unspecified atom stereocenters. The van der Waals surface area contributed by atoms with Crippen molar-refractivity contribution in [3.63, 3.8) is 0 Å². The lowest BCUT2D eigenvalue weighted by Gasteiger charge is -2.35. The number of amides is 3. The van der Waals surface area contributed by atoms with E-state index in [1.807, 2.05) is 24.0 Å². The molecule has 2 N–H and O–H groups in total. The third-order valence-corrected chi connectivity index (χ3v) is 15.6. The topological polar surface area (TPSA) is 171 Å². The molecule has 16 heteroatoms. The number of hydrogen-bond donors (Lipinski definition) is 2. The van der Waals surface area contributed by atoms with Crippen LogP contribution in [0, 0.1) is 17.2 Å². The van der Waals surface area contributed by atoms with E-state index in [9.17, 15) is 29.0 Å². The highest BCUT2D eigenvalue weighted by molar-refractivity contribution is 7.57. The first-order valence-corrected chi connectivity index (χ1v) is 23.2. The van der Waals surface area contributed by atoms with E-state index in [0.29, 0.717) is 60.0 Å². The number of halogens is 1. The number of aromatic nitrogens is 1. The number of hydrogen-bond acceptors (Lipinski definition) is 10. The first-order chi connectivity index (χ1) is 29.0. The fourth-order valence-corrected chi connectivity index (χ4v) is 12.1. The molecule has 5 heterocycles. The molecule has 2 aromatic heterocycles. The molecule has 3 aliphatic heterocycles. The number of alkyl halides is 1. The summed E-state index contributed by atoms with van der Waals surface area (Å²) in [6.45, 7) is 3.82. The Morgan fingerprint density at radius 3 is 2.60 bits per heavy atom. The Kier molecular flexibility index (Phi) is 11.8. The fourth-order valence-electron chi connectivity index (χ4n) is 9.24. The highest BCUT2D eigenvalue weighted by Gasteiger charge is 2.64. The number of nitriles is 1. The molecule has 4 fully saturated rings. The predicted octanol–water partition coefficient (Wildman–Crippen LogP) is 7.41. The van der Waals surface area contributed by atoms with Gasteiger partial charge in [-0.1, -0.05) is 37.3 Å². The minimum Gasteiger partial charge on any atom is -0.465 e. The number of benzene rings is 2. The second kappa shape index (κ2) is 17.1. The summed E-state index contributed by atoms with van der Waals surface area (Å²) in [6.07, 6.45) is 8.54.